The van der Waals surface area contributed by atoms with Crippen molar-refractivity contribution in [3.8, 4) is 11.5 Å². The van der Waals surface area contributed by atoms with Gasteiger partial charge in [-0.05, 0) is 42.3 Å². The third kappa shape index (κ3) is 6.43. The SMILES string of the molecule is CCOc1cc(CNCC(O)c2ccccc2)c(Br)cc1OCc1c(F)cccc1Cl. The summed E-state index contributed by atoms with van der Waals surface area (Å²) in [6.45, 7) is 3.25. The normalized spacial score (nSPS) is 11.9. The maximum atomic E-state index is 14.0. The number of ether oxygens (including phenoxy) is 2. The van der Waals surface area contributed by atoms with Crippen molar-refractivity contribution in [1.82, 2.24) is 5.32 Å². The van der Waals surface area contributed by atoms with Crippen molar-refractivity contribution in [2.24, 2.45) is 0 Å². The minimum absolute atomic E-state index is 0.0150. The molecule has 0 fully saturated rings. The first-order chi connectivity index (χ1) is 15.0. The smallest absolute Gasteiger partial charge is 0.162 e. The van der Waals surface area contributed by atoms with Crippen LogP contribution >= 0.6 is 27.5 Å². The standard InChI is InChI=1S/C24H24BrClFNO3/c1-2-30-23-11-17(13-28-14-22(29)16-7-4-3-5-8-16)19(25)12-24(23)31-15-18-20(26)9-6-10-21(18)27/h3-12,22,28-29H,2,13-15H2,1H3. The van der Waals surface area contributed by atoms with E-state index in [1.165, 1.54) is 6.07 Å². The van der Waals surface area contributed by atoms with Crippen LogP contribution in [-0.4, -0.2) is 18.3 Å². The van der Waals surface area contributed by atoms with E-state index in [9.17, 15) is 9.50 Å². The average Bonchev–Trinajstić information content (AvgIpc) is 2.76. The lowest BCUT2D eigenvalue weighted by Gasteiger charge is -2.17. The van der Waals surface area contributed by atoms with E-state index in [4.69, 9.17) is 21.1 Å². The highest BCUT2D eigenvalue weighted by atomic mass is 79.9. The molecule has 31 heavy (non-hydrogen) atoms. The Morgan fingerprint density at radius 2 is 1.81 bits per heavy atom. The lowest BCUT2D eigenvalue weighted by atomic mass is 10.1. The van der Waals surface area contributed by atoms with Gasteiger partial charge in [-0.25, -0.2) is 4.39 Å². The summed E-state index contributed by atoms with van der Waals surface area (Å²) in [5, 5.41) is 13.9. The van der Waals surface area contributed by atoms with Crippen LogP contribution in [0.5, 0.6) is 11.5 Å². The minimum Gasteiger partial charge on any atom is -0.490 e. The number of halogens is 3. The highest BCUT2D eigenvalue weighted by molar-refractivity contribution is 9.10. The van der Waals surface area contributed by atoms with E-state index in [0.29, 0.717) is 41.8 Å². The first-order valence-corrected chi connectivity index (χ1v) is 11.1. The predicted molar refractivity (Wildman–Crippen MR) is 124 cm³/mol. The average molecular weight is 509 g/mol. The van der Waals surface area contributed by atoms with Gasteiger partial charge in [0, 0.05) is 23.1 Å². The Kier molecular flexibility index (Phi) is 8.72. The highest BCUT2D eigenvalue weighted by Crippen LogP contribution is 2.35. The van der Waals surface area contributed by atoms with E-state index >= 15 is 0 Å². The molecule has 1 unspecified atom stereocenters. The van der Waals surface area contributed by atoms with Gasteiger partial charge in [-0.3, -0.25) is 0 Å². The van der Waals surface area contributed by atoms with Gasteiger partial charge in [0.2, 0.25) is 0 Å². The summed E-state index contributed by atoms with van der Waals surface area (Å²) in [6, 6.07) is 17.7. The third-order valence-corrected chi connectivity index (χ3v) is 5.78. The van der Waals surface area contributed by atoms with Crippen LogP contribution in [0, 0.1) is 5.82 Å². The molecule has 0 saturated carbocycles. The highest BCUT2D eigenvalue weighted by Gasteiger charge is 2.14. The Morgan fingerprint density at radius 1 is 1.06 bits per heavy atom. The van der Waals surface area contributed by atoms with E-state index in [1.807, 2.05) is 43.3 Å². The van der Waals surface area contributed by atoms with Gasteiger partial charge in [0.15, 0.2) is 11.5 Å². The number of hydrogen-bond donors (Lipinski definition) is 2. The number of nitrogens with one attached hydrogen (secondary N) is 1. The molecular weight excluding hydrogens is 485 g/mol. The van der Waals surface area contributed by atoms with Crippen molar-refractivity contribution in [3.05, 3.63) is 92.7 Å². The fraction of sp³-hybridized carbons (Fsp3) is 0.250. The number of rotatable bonds is 10. The van der Waals surface area contributed by atoms with E-state index in [-0.39, 0.29) is 6.61 Å². The molecule has 0 radical (unpaired) electrons. The van der Waals surface area contributed by atoms with E-state index in [0.717, 1.165) is 15.6 Å². The molecule has 0 spiro atoms. The Balaban J connectivity index is 1.68. The van der Waals surface area contributed by atoms with Gasteiger partial charge in [-0.2, -0.15) is 0 Å². The lowest BCUT2D eigenvalue weighted by Crippen LogP contribution is -2.21. The molecule has 0 bridgehead atoms. The second-order valence-corrected chi connectivity index (χ2v) is 8.13. The molecule has 2 N–H and O–H groups in total. The van der Waals surface area contributed by atoms with Crippen molar-refractivity contribution in [1.29, 1.82) is 0 Å². The summed E-state index contributed by atoms with van der Waals surface area (Å²) < 4.78 is 26.4. The number of aliphatic hydroxyl groups is 1. The fourth-order valence-corrected chi connectivity index (χ4v) is 3.73. The fourth-order valence-electron chi connectivity index (χ4n) is 3.05. The van der Waals surface area contributed by atoms with E-state index in [2.05, 4.69) is 21.2 Å². The summed E-state index contributed by atoms with van der Waals surface area (Å²) >= 11 is 9.65. The minimum atomic E-state index is -0.598. The first-order valence-electron chi connectivity index (χ1n) is 9.94. The summed E-state index contributed by atoms with van der Waals surface area (Å²) in [5.41, 5.74) is 2.10. The zero-order valence-corrected chi connectivity index (χ0v) is 19.4. The molecule has 164 valence electrons. The molecule has 0 saturated heterocycles. The third-order valence-electron chi connectivity index (χ3n) is 4.68. The first kappa shape index (κ1) is 23.5. The summed E-state index contributed by atoms with van der Waals surface area (Å²) in [4.78, 5) is 0. The van der Waals surface area contributed by atoms with Crippen molar-refractivity contribution in [3.63, 3.8) is 0 Å². The van der Waals surface area contributed by atoms with Gasteiger partial charge >= 0.3 is 0 Å². The molecular formula is C24H24BrClFNO3. The van der Waals surface area contributed by atoms with Crippen LogP contribution in [0.15, 0.2) is 65.1 Å². The summed E-state index contributed by atoms with van der Waals surface area (Å²) in [6.07, 6.45) is -0.598. The molecule has 0 aliphatic rings. The van der Waals surface area contributed by atoms with Crippen molar-refractivity contribution < 1.29 is 19.0 Å². The van der Waals surface area contributed by atoms with Gasteiger partial charge in [0.05, 0.1) is 17.7 Å². The number of aliphatic hydroxyl groups excluding tert-OH is 1. The molecule has 3 aromatic rings. The molecule has 0 amide bonds. The topological polar surface area (TPSA) is 50.7 Å². The zero-order chi connectivity index (χ0) is 22.2. The van der Waals surface area contributed by atoms with Crippen LogP contribution in [0.25, 0.3) is 0 Å². The van der Waals surface area contributed by atoms with Gasteiger partial charge in [-0.15, -0.1) is 0 Å². The van der Waals surface area contributed by atoms with Crippen molar-refractivity contribution in [2.75, 3.05) is 13.2 Å². The molecule has 7 heteroatoms. The summed E-state index contributed by atoms with van der Waals surface area (Å²) in [5.74, 6) is 0.627. The van der Waals surface area contributed by atoms with Crippen LogP contribution in [0.2, 0.25) is 5.02 Å². The van der Waals surface area contributed by atoms with Gasteiger partial charge in [0.25, 0.3) is 0 Å². The van der Waals surface area contributed by atoms with Crippen molar-refractivity contribution >= 4 is 27.5 Å². The maximum absolute atomic E-state index is 14.0. The Labute approximate surface area is 195 Å². The van der Waals surface area contributed by atoms with Gasteiger partial charge in [0.1, 0.15) is 12.4 Å². The van der Waals surface area contributed by atoms with Gasteiger partial charge < -0.3 is 19.9 Å². The second kappa shape index (κ2) is 11.5. The van der Waals surface area contributed by atoms with E-state index < -0.39 is 11.9 Å². The molecule has 0 aromatic heterocycles. The van der Waals surface area contributed by atoms with E-state index in [1.54, 1.807) is 18.2 Å². The molecule has 0 heterocycles. The van der Waals surface area contributed by atoms with Crippen molar-refractivity contribution in [2.45, 2.75) is 26.2 Å². The zero-order valence-electron chi connectivity index (χ0n) is 17.1. The quantitative estimate of drug-likeness (QED) is 0.350. The van der Waals surface area contributed by atoms with Crippen LogP contribution in [0.3, 0.4) is 0 Å². The number of hydrogen-bond acceptors (Lipinski definition) is 4. The predicted octanol–water partition coefficient (Wildman–Crippen LogP) is 6.04. The lowest BCUT2D eigenvalue weighted by molar-refractivity contribution is 0.174. The van der Waals surface area contributed by atoms with Gasteiger partial charge in [-0.1, -0.05) is 63.9 Å². The molecule has 0 aliphatic carbocycles. The Bertz CT molecular complexity index is 983. The Morgan fingerprint density at radius 3 is 2.52 bits per heavy atom. The number of benzene rings is 3. The van der Waals surface area contributed by atoms with Crippen LogP contribution in [0.4, 0.5) is 4.39 Å². The molecule has 4 nitrogen and oxygen atoms in total. The summed E-state index contributed by atoms with van der Waals surface area (Å²) in [7, 11) is 0. The largest absolute Gasteiger partial charge is 0.490 e. The van der Waals surface area contributed by atoms with Crippen LogP contribution < -0.4 is 14.8 Å². The monoisotopic (exact) mass is 507 g/mol. The molecule has 3 aromatic carbocycles. The molecule has 0 aliphatic heterocycles. The molecule has 3 rings (SSSR count). The Hall–Kier alpha value is -2.12. The molecule has 1 atom stereocenters. The second-order valence-electron chi connectivity index (χ2n) is 6.87. The maximum Gasteiger partial charge on any atom is 0.162 e. The van der Waals surface area contributed by atoms with Crippen LogP contribution in [0.1, 0.15) is 29.7 Å². The van der Waals surface area contributed by atoms with Crippen LogP contribution in [-0.2, 0) is 13.2 Å².